The van der Waals surface area contributed by atoms with Crippen molar-refractivity contribution in [2.75, 3.05) is 11.9 Å². The van der Waals surface area contributed by atoms with Crippen molar-refractivity contribution in [1.82, 2.24) is 9.71 Å². The van der Waals surface area contributed by atoms with Gasteiger partial charge in [-0.2, -0.15) is 0 Å². The van der Waals surface area contributed by atoms with E-state index in [1.165, 1.54) is 0 Å². The van der Waals surface area contributed by atoms with E-state index < -0.39 is 10.0 Å². The van der Waals surface area contributed by atoms with Gasteiger partial charge in [0, 0.05) is 18.8 Å². The number of nitrogens with one attached hydrogen (secondary N) is 2. The number of hydrogen-bond donors (Lipinski definition) is 2. The Morgan fingerprint density at radius 3 is 2.65 bits per heavy atom. The molecule has 2 rings (SSSR count). The Morgan fingerprint density at radius 1 is 1.30 bits per heavy atom. The van der Waals surface area contributed by atoms with E-state index in [2.05, 4.69) is 21.9 Å². The highest BCUT2D eigenvalue weighted by Crippen LogP contribution is 2.25. The average molecular weight is 297 g/mol. The van der Waals surface area contributed by atoms with Crippen molar-refractivity contribution in [2.45, 2.75) is 50.5 Å². The molecule has 5 nitrogen and oxygen atoms in total. The molecule has 0 bridgehead atoms. The largest absolute Gasteiger partial charge is 0.369 e. The summed E-state index contributed by atoms with van der Waals surface area (Å²) in [7, 11) is -3.51. The molecular formula is C14H23N3O2S. The van der Waals surface area contributed by atoms with Gasteiger partial charge in [-0.3, -0.25) is 0 Å². The molecule has 20 heavy (non-hydrogen) atoms. The topological polar surface area (TPSA) is 71.1 Å². The highest BCUT2D eigenvalue weighted by atomic mass is 32.2. The zero-order valence-electron chi connectivity index (χ0n) is 12.1. The smallest absolute Gasteiger partial charge is 0.244 e. The van der Waals surface area contributed by atoms with Crippen LogP contribution < -0.4 is 10.0 Å². The van der Waals surface area contributed by atoms with Gasteiger partial charge in [-0.1, -0.05) is 6.92 Å². The van der Waals surface area contributed by atoms with Gasteiger partial charge in [-0.15, -0.1) is 0 Å². The van der Waals surface area contributed by atoms with Crippen LogP contribution in [0, 0.1) is 5.92 Å². The fraction of sp³-hybridized carbons (Fsp3) is 0.643. The first-order valence-electron chi connectivity index (χ1n) is 7.24. The Kier molecular flexibility index (Phi) is 4.99. The molecule has 1 heterocycles. The normalized spacial score (nSPS) is 23.5. The van der Waals surface area contributed by atoms with Crippen LogP contribution in [0.4, 0.5) is 5.82 Å². The van der Waals surface area contributed by atoms with Crippen LogP contribution in [0.1, 0.15) is 39.5 Å². The Bertz CT molecular complexity index is 537. The van der Waals surface area contributed by atoms with Gasteiger partial charge in [-0.25, -0.2) is 18.1 Å². The lowest BCUT2D eigenvalue weighted by Gasteiger charge is -2.26. The minimum Gasteiger partial charge on any atom is -0.369 e. The number of hydrogen-bond acceptors (Lipinski definition) is 4. The van der Waals surface area contributed by atoms with Crippen LogP contribution in [-0.4, -0.2) is 26.0 Å². The third-order valence-electron chi connectivity index (χ3n) is 3.74. The monoisotopic (exact) mass is 297 g/mol. The van der Waals surface area contributed by atoms with Gasteiger partial charge in [0.25, 0.3) is 0 Å². The van der Waals surface area contributed by atoms with Crippen LogP contribution in [0.5, 0.6) is 0 Å². The van der Waals surface area contributed by atoms with Gasteiger partial charge in [0.2, 0.25) is 10.0 Å². The second kappa shape index (κ2) is 6.54. The molecule has 2 N–H and O–H groups in total. The minimum absolute atomic E-state index is 0.0471. The standard InChI is InChI=1S/C14H23N3O2S/c1-3-15-14-13(5-4-10-16-14)20(18,19)17-12-8-6-11(2)7-9-12/h4-5,10-12,17H,3,6-9H2,1-2H3,(H,15,16). The highest BCUT2D eigenvalue weighted by Gasteiger charge is 2.26. The zero-order chi connectivity index (χ0) is 14.6. The molecule has 0 aliphatic heterocycles. The van der Waals surface area contributed by atoms with Gasteiger partial charge in [-0.05, 0) is 50.7 Å². The fourth-order valence-electron chi connectivity index (χ4n) is 2.57. The molecule has 1 aromatic rings. The SMILES string of the molecule is CCNc1ncccc1S(=O)(=O)NC1CCC(C)CC1. The summed E-state index contributed by atoms with van der Waals surface area (Å²) in [4.78, 5) is 4.35. The summed E-state index contributed by atoms with van der Waals surface area (Å²) < 4.78 is 27.8. The molecule has 0 radical (unpaired) electrons. The molecular weight excluding hydrogens is 274 g/mol. The summed E-state index contributed by atoms with van der Waals surface area (Å²) in [5.41, 5.74) is 0. The van der Waals surface area contributed by atoms with E-state index in [-0.39, 0.29) is 10.9 Å². The van der Waals surface area contributed by atoms with Gasteiger partial charge < -0.3 is 5.32 Å². The molecule has 0 unspecified atom stereocenters. The maximum Gasteiger partial charge on any atom is 0.244 e. The number of rotatable bonds is 5. The van der Waals surface area contributed by atoms with Crippen molar-refractivity contribution in [1.29, 1.82) is 0 Å². The third-order valence-corrected chi connectivity index (χ3v) is 5.29. The van der Waals surface area contributed by atoms with E-state index in [1.807, 2.05) is 6.92 Å². The number of anilines is 1. The van der Waals surface area contributed by atoms with Gasteiger partial charge in [0.05, 0.1) is 0 Å². The van der Waals surface area contributed by atoms with Crippen molar-refractivity contribution in [3.8, 4) is 0 Å². The molecule has 1 fully saturated rings. The van der Waals surface area contributed by atoms with E-state index in [4.69, 9.17) is 0 Å². The van der Waals surface area contributed by atoms with E-state index in [9.17, 15) is 8.42 Å². The van der Waals surface area contributed by atoms with Crippen molar-refractivity contribution in [2.24, 2.45) is 5.92 Å². The molecule has 0 spiro atoms. The first kappa shape index (κ1) is 15.3. The average Bonchev–Trinajstić information content (AvgIpc) is 2.42. The number of sulfonamides is 1. The van der Waals surface area contributed by atoms with Crippen LogP contribution in [-0.2, 0) is 10.0 Å². The maximum absolute atomic E-state index is 12.5. The highest BCUT2D eigenvalue weighted by molar-refractivity contribution is 7.89. The summed E-state index contributed by atoms with van der Waals surface area (Å²) in [6.45, 7) is 4.77. The lowest BCUT2D eigenvalue weighted by molar-refractivity contribution is 0.332. The molecule has 0 aromatic carbocycles. The molecule has 6 heteroatoms. The zero-order valence-corrected chi connectivity index (χ0v) is 12.9. The van der Waals surface area contributed by atoms with Crippen molar-refractivity contribution in [3.63, 3.8) is 0 Å². The quantitative estimate of drug-likeness (QED) is 0.875. The third kappa shape index (κ3) is 3.70. The van der Waals surface area contributed by atoms with E-state index in [0.29, 0.717) is 18.3 Å². The van der Waals surface area contributed by atoms with Crippen molar-refractivity contribution < 1.29 is 8.42 Å². The van der Waals surface area contributed by atoms with Crippen LogP contribution in [0.15, 0.2) is 23.2 Å². The van der Waals surface area contributed by atoms with Crippen LogP contribution in [0.3, 0.4) is 0 Å². The second-order valence-corrected chi connectivity index (χ2v) is 7.14. The number of pyridine rings is 1. The Hall–Kier alpha value is -1.14. The fourth-order valence-corrected chi connectivity index (χ4v) is 4.01. The Labute approximate surface area is 121 Å². The maximum atomic E-state index is 12.5. The van der Waals surface area contributed by atoms with Crippen molar-refractivity contribution >= 4 is 15.8 Å². The summed E-state index contributed by atoms with van der Waals surface area (Å²) in [5, 5.41) is 3.00. The number of aromatic nitrogens is 1. The van der Waals surface area contributed by atoms with Crippen LogP contribution in [0.2, 0.25) is 0 Å². The number of nitrogens with zero attached hydrogens (tertiary/aromatic N) is 1. The summed E-state index contributed by atoms with van der Waals surface area (Å²) in [6.07, 6.45) is 5.59. The van der Waals surface area contributed by atoms with Gasteiger partial charge in [0.1, 0.15) is 10.7 Å². The van der Waals surface area contributed by atoms with Crippen molar-refractivity contribution in [3.05, 3.63) is 18.3 Å². The second-order valence-electron chi connectivity index (χ2n) is 5.46. The van der Waals surface area contributed by atoms with E-state index in [1.54, 1.807) is 18.3 Å². The van der Waals surface area contributed by atoms with E-state index >= 15 is 0 Å². The predicted molar refractivity (Wildman–Crippen MR) is 80.1 cm³/mol. The van der Waals surface area contributed by atoms with Gasteiger partial charge in [0.15, 0.2) is 0 Å². The first-order valence-corrected chi connectivity index (χ1v) is 8.72. The lowest BCUT2D eigenvalue weighted by Crippen LogP contribution is -2.37. The van der Waals surface area contributed by atoms with Gasteiger partial charge >= 0.3 is 0 Å². The summed E-state index contributed by atoms with van der Waals surface area (Å²) >= 11 is 0. The molecule has 0 atom stereocenters. The molecule has 1 aromatic heterocycles. The predicted octanol–water partition coefficient (Wildman–Crippen LogP) is 2.37. The Morgan fingerprint density at radius 2 is 2.00 bits per heavy atom. The molecule has 1 saturated carbocycles. The van der Waals surface area contributed by atoms with Crippen LogP contribution >= 0.6 is 0 Å². The summed E-state index contributed by atoms with van der Waals surface area (Å²) in [6, 6.07) is 3.29. The Balaban J connectivity index is 2.14. The minimum atomic E-state index is -3.51. The van der Waals surface area contributed by atoms with Crippen LogP contribution in [0.25, 0.3) is 0 Å². The molecule has 0 saturated heterocycles. The molecule has 1 aliphatic rings. The summed E-state index contributed by atoms with van der Waals surface area (Å²) in [5.74, 6) is 1.12. The molecule has 1 aliphatic carbocycles. The molecule has 112 valence electrons. The first-order chi connectivity index (χ1) is 9.53. The van der Waals surface area contributed by atoms with E-state index in [0.717, 1.165) is 25.7 Å². The molecule has 0 amide bonds. The lowest BCUT2D eigenvalue weighted by atomic mass is 9.88.